The van der Waals surface area contributed by atoms with E-state index in [2.05, 4.69) is 10.1 Å². The number of hydrogen-bond donors (Lipinski definition) is 0. The molecule has 1 atom stereocenters. The predicted molar refractivity (Wildman–Crippen MR) is 99.1 cm³/mol. The molecule has 2 fully saturated rings. The highest BCUT2D eigenvalue weighted by Crippen LogP contribution is 2.38. The van der Waals surface area contributed by atoms with Gasteiger partial charge >= 0.3 is 0 Å². The second-order valence-electron chi connectivity index (χ2n) is 7.30. The van der Waals surface area contributed by atoms with Crippen molar-refractivity contribution in [3.05, 3.63) is 36.0 Å². The van der Waals surface area contributed by atoms with Crippen LogP contribution in [0, 0.1) is 5.92 Å². The van der Waals surface area contributed by atoms with Crippen molar-refractivity contribution in [2.24, 2.45) is 5.92 Å². The van der Waals surface area contributed by atoms with Crippen molar-refractivity contribution in [3.63, 3.8) is 0 Å². The molecule has 0 amide bonds. The Kier molecular flexibility index (Phi) is 5.19. The first-order valence-corrected chi connectivity index (χ1v) is 11.1. The van der Waals surface area contributed by atoms with E-state index in [-0.39, 0.29) is 5.92 Å². The molecule has 1 aromatic heterocycles. The summed E-state index contributed by atoms with van der Waals surface area (Å²) in [6, 6.07) is 6.64. The standard InChI is InChI=1S/C19H25N3O4S/c1-2-25-16-7-9-17(10-8-16)27(23,24)22-11-3-4-14(13-22)12-18-20-19(21-26-18)15-5-6-15/h7-10,14-15H,2-6,11-13H2,1H3/t14-/m1/s1. The van der Waals surface area contributed by atoms with E-state index in [4.69, 9.17) is 9.26 Å². The number of rotatable bonds is 7. The molecule has 0 bridgehead atoms. The minimum Gasteiger partial charge on any atom is -0.494 e. The highest BCUT2D eigenvalue weighted by Gasteiger charge is 2.32. The van der Waals surface area contributed by atoms with Crippen molar-refractivity contribution < 1.29 is 17.7 Å². The second kappa shape index (κ2) is 7.59. The third-order valence-corrected chi connectivity index (χ3v) is 7.02. The Morgan fingerprint density at radius 1 is 1.22 bits per heavy atom. The SMILES string of the molecule is CCOc1ccc(S(=O)(=O)N2CCC[C@H](Cc3nc(C4CC4)no3)C2)cc1. The summed E-state index contributed by atoms with van der Waals surface area (Å²) in [6.45, 7) is 3.48. The van der Waals surface area contributed by atoms with E-state index < -0.39 is 10.0 Å². The summed E-state index contributed by atoms with van der Waals surface area (Å²) in [4.78, 5) is 4.79. The van der Waals surface area contributed by atoms with Gasteiger partial charge in [0.25, 0.3) is 0 Å². The van der Waals surface area contributed by atoms with Crippen molar-refractivity contribution in [1.29, 1.82) is 0 Å². The van der Waals surface area contributed by atoms with E-state index in [1.807, 2.05) is 6.92 Å². The van der Waals surface area contributed by atoms with E-state index in [0.29, 0.717) is 48.6 Å². The van der Waals surface area contributed by atoms with Gasteiger partial charge in [-0.2, -0.15) is 9.29 Å². The van der Waals surface area contributed by atoms with Crippen molar-refractivity contribution >= 4 is 10.0 Å². The summed E-state index contributed by atoms with van der Waals surface area (Å²) >= 11 is 0. The molecule has 1 saturated heterocycles. The molecule has 0 spiro atoms. The summed E-state index contributed by atoms with van der Waals surface area (Å²) in [6.07, 6.45) is 4.71. The summed E-state index contributed by atoms with van der Waals surface area (Å²) in [7, 11) is -3.51. The zero-order valence-corrected chi connectivity index (χ0v) is 16.3. The average Bonchev–Trinajstić information content (AvgIpc) is 3.42. The van der Waals surface area contributed by atoms with Gasteiger partial charge < -0.3 is 9.26 Å². The molecule has 1 saturated carbocycles. The minimum absolute atomic E-state index is 0.198. The lowest BCUT2D eigenvalue weighted by Gasteiger charge is -2.31. The van der Waals surface area contributed by atoms with Crippen LogP contribution < -0.4 is 4.74 Å². The van der Waals surface area contributed by atoms with Crippen LogP contribution in [-0.2, 0) is 16.4 Å². The summed E-state index contributed by atoms with van der Waals surface area (Å²) in [5.41, 5.74) is 0. The molecule has 0 unspecified atom stereocenters. The number of benzene rings is 1. The normalized spacial score (nSPS) is 21.3. The first kappa shape index (κ1) is 18.4. The molecule has 1 aliphatic heterocycles. The molecule has 27 heavy (non-hydrogen) atoms. The Bertz CT molecular complexity index is 875. The molecule has 1 aromatic carbocycles. The van der Waals surface area contributed by atoms with E-state index in [9.17, 15) is 8.42 Å². The fourth-order valence-corrected chi connectivity index (χ4v) is 5.10. The fourth-order valence-electron chi connectivity index (χ4n) is 3.54. The maximum atomic E-state index is 13.0. The zero-order chi connectivity index (χ0) is 18.9. The van der Waals surface area contributed by atoms with Crippen LogP contribution in [-0.4, -0.2) is 42.6 Å². The topological polar surface area (TPSA) is 85.5 Å². The lowest BCUT2D eigenvalue weighted by atomic mass is 9.96. The summed E-state index contributed by atoms with van der Waals surface area (Å²) in [5.74, 6) is 2.77. The Hall–Kier alpha value is -1.93. The molecule has 8 heteroatoms. The van der Waals surface area contributed by atoms with Crippen LogP contribution in [0.15, 0.2) is 33.7 Å². The zero-order valence-electron chi connectivity index (χ0n) is 15.5. The van der Waals surface area contributed by atoms with E-state index in [0.717, 1.165) is 31.5 Å². The van der Waals surface area contributed by atoms with Crippen molar-refractivity contribution in [1.82, 2.24) is 14.4 Å². The van der Waals surface area contributed by atoms with Crippen LogP contribution >= 0.6 is 0 Å². The first-order chi connectivity index (χ1) is 13.1. The third-order valence-electron chi connectivity index (χ3n) is 5.14. The number of aromatic nitrogens is 2. The Morgan fingerprint density at radius 2 is 2.00 bits per heavy atom. The van der Waals surface area contributed by atoms with Gasteiger partial charge in [-0.1, -0.05) is 5.16 Å². The number of nitrogens with zero attached hydrogens (tertiary/aromatic N) is 3. The van der Waals surface area contributed by atoms with Crippen molar-refractivity contribution in [2.75, 3.05) is 19.7 Å². The number of piperidine rings is 1. The molecule has 7 nitrogen and oxygen atoms in total. The maximum absolute atomic E-state index is 13.0. The quantitative estimate of drug-likeness (QED) is 0.721. The molecule has 2 aromatic rings. The van der Waals surface area contributed by atoms with Crippen LogP contribution in [0.2, 0.25) is 0 Å². The molecule has 0 N–H and O–H groups in total. The predicted octanol–water partition coefficient (Wildman–Crippen LogP) is 2.99. The van der Waals surface area contributed by atoms with E-state index in [1.54, 1.807) is 28.6 Å². The molecule has 146 valence electrons. The smallest absolute Gasteiger partial charge is 0.243 e. The van der Waals surface area contributed by atoms with Crippen LogP contribution in [0.25, 0.3) is 0 Å². The van der Waals surface area contributed by atoms with Gasteiger partial charge in [0.05, 0.1) is 11.5 Å². The summed E-state index contributed by atoms with van der Waals surface area (Å²) in [5, 5.41) is 4.05. The average molecular weight is 391 g/mol. The Morgan fingerprint density at radius 3 is 2.70 bits per heavy atom. The van der Waals surface area contributed by atoms with Gasteiger partial charge in [0, 0.05) is 25.4 Å². The van der Waals surface area contributed by atoms with Crippen LogP contribution in [0.3, 0.4) is 0 Å². The molecule has 2 heterocycles. The largest absolute Gasteiger partial charge is 0.494 e. The van der Waals surface area contributed by atoms with Gasteiger partial charge in [0.1, 0.15) is 5.75 Å². The minimum atomic E-state index is -3.51. The van der Waals surface area contributed by atoms with Gasteiger partial charge in [0.2, 0.25) is 15.9 Å². The highest BCUT2D eigenvalue weighted by atomic mass is 32.2. The lowest BCUT2D eigenvalue weighted by Crippen LogP contribution is -2.40. The molecule has 2 aliphatic rings. The number of ether oxygens (including phenoxy) is 1. The van der Waals surface area contributed by atoms with E-state index in [1.165, 1.54) is 0 Å². The molecule has 4 rings (SSSR count). The summed E-state index contributed by atoms with van der Waals surface area (Å²) < 4.78 is 38.3. The fraction of sp³-hybridized carbons (Fsp3) is 0.579. The van der Waals surface area contributed by atoms with Gasteiger partial charge in [0.15, 0.2) is 5.82 Å². The number of sulfonamides is 1. The van der Waals surface area contributed by atoms with Crippen molar-refractivity contribution in [3.8, 4) is 5.75 Å². The van der Waals surface area contributed by atoms with Gasteiger partial charge in [-0.3, -0.25) is 0 Å². The monoisotopic (exact) mass is 391 g/mol. The molecule has 0 radical (unpaired) electrons. The third kappa shape index (κ3) is 4.16. The first-order valence-electron chi connectivity index (χ1n) is 9.61. The van der Waals surface area contributed by atoms with Gasteiger partial charge in [-0.05, 0) is 62.8 Å². The van der Waals surface area contributed by atoms with Crippen LogP contribution in [0.1, 0.15) is 50.2 Å². The molecular formula is C19H25N3O4S. The molecular weight excluding hydrogens is 366 g/mol. The van der Waals surface area contributed by atoms with E-state index >= 15 is 0 Å². The van der Waals surface area contributed by atoms with Gasteiger partial charge in [-0.25, -0.2) is 8.42 Å². The highest BCUT2D eigenvalue weighted by molar-refractivity contribution is 7.89. The Labute approximate surface area is 159 Å². The number of hydrogen-bond acceptors (Lipinski definition) is 6. The maximum Gasteiger partial charge on any atom is 0.243 e. The van der Waals surface area contributed by atoms with Gasteiger partial charge in [-0.15, -0.1) is 0 Å². The molecule has 1 aliphatic carbocycles. The second-order valence-corrected chi connectivity index (χ2v) is 9.24. The lowest BCUT2D eigenvalue weighted by molar-refractivity contribution is 0.246. The van der Waals surface area contributed by atoms with Crippen LogP contribution in [0.5, 0.6) is 5.75 Å². The van der Waals surface area contributed by atoms with Crippen molar-refractivity contribution in [2.45, 2.75) is 49.8 Å². The van der Waals surface area contributed by atoms with Crippen LogP contribution in [0.4, 0.5) is 0 Å². The Balaban J connectivity index is 1.42.